The third-order valence-corrected chi connectivity index (χ3v) is 3.22. The lowest BCUT2D eigenvalue weighted by Gasteiger charge is -2.12. The molecule has 2 rings (SSSR count). The molecule has 5 nitrogen and oxygen atoms in total. The van der Waals surface area contributed by atoms with Gasteiger partial charge in [0.05, 0.1) is 0 Å². The second-order valence-corrected chi connectivity index (χ2v) is 4.97. The van der Waals surface area contributed by atoms with Crippen molar-refractivity contribution in [3.8, 4) is 0 Å². The highest BCUT2D eigenvalue weighted by Gasteiger charge is 2.11. The van der Waals surface area contributed by atoms with Crippen molar-refractivity contribution in [3.63, 3.8) is 0 Å². The highest BCUT2D eigenvalue weighted by atomic mass is 16.4. The molecule has 0 bridgehead atoms. The van der Waals surface area contributed by atoms with Gasteiger partial charge in [0.25, 0.3) is 0 Å². The van der Waals surface area contributed by atoms with E-state index in [1.165, 1.54) is 0 Å². The molecule has 0 heterocycles. The molecule has 0 aromatic heterocycles. The molecule has 0 radical (unpaired) electrons. The van der Waals surface area contributed by atoms with Crippen molar-refractivity contribution in [2.75, 3.05) is 0 Å². The van der Waals surface area contributed by atoms with Crippen LogP contribution in [0.3, 0.4) is 0 Å². The molecule has 2 amide bonds. The number of nitrogens with one attached hydrogen (secondary N) is 2. The number of hydrogen-bond donors (Lipinski definition) is 3. The van der Waals surface area contributed by atoms with Crippen molar-refractivity contribution < 1.29 is 14.7 Å². The molecule has 110 valence electrons. The number of carbonyl (C=O) groups excluding carboxylic acids is 1. The molecule has 5 heteroatoms. The zero-order valence-corrected chi connectivity index (χ0v) is 11.8. The van der Waals surface area contributed by atoms with E-state index in [-0.39, 0.29) is 12.3 Å². The van der Waals surface area contributed by atoms with Crippen molar-refractivity contribution in [2.24, 2.45) is 0 Å². The molecular formula is C16H18N2O3. The molecule has 0 aliphatic heterocycles. The Morgan fingerprint density at radius 3 is 2.62 bits per heavy atom. The van der Waals surface area contributed by atoms with Gasteiger partial charge in [0, 0.05) is 19.0 Å². The summed E-state index contributed by atoms with van der Waals surface area (Å²) >= 11 is 0. The zero-order chi connectivity index (χ0) is 15.2. The topological polar surface area (TPSA) is 78.4 Å². The Balaban J connectivity index is 1.95. The summed E-state index contributed by atoms with van der Waals surface area (Å²) in [5, 5.41) is 15.9. The number of rotatable bonds is 5. The van der Waals surface area contributed by atoms with Gasteiger partial charge in [-0.1, -0.05) is 42.5 Å². The van der Waals surface area contributed by atoms with Gasteiger partial charge in [-0.2, -0.15) is 0 Å². The molecule has 3 N–H and O–H groups in total. The fourth-order valence-electron chi connectivity index (χ4n) is 2.25. The molecule has 1 unspecified atom stereocenters. The van der Waals surface area contributed by atoms with Crippen molar-refractivity contribution in [1.29, 1.82) is 0 Å². The summed E-state index contributed by atoms with van der Waals surface area (Å²) < 4.78 is 0. The highest BCUT2D eigenvalue weighted by Crippen LogP contribution is 2.18. The molecule has 0 aliphatic carbocycles. The van der Waals surface area contributed by atoms with E-state index in [1.807, 2.05) is 42.5 Å². The maximum Gasteiger partial charge on any atom is 0.404 e. The van der Waals surface area contributed by atoms with E-state index < -0.39 is 12.1 Å². The Labute approximate surface area is 123 Å². The van der Waals surface area contributed by atoms with Crippen LogP contribution < -0.4 is 10.6 Å². The van der Waals surface area contributed by atoms with Gasteiger partial charge < -0.3 is 15.7 Å². The van der Waals surface area contributed by atoms with Gasteiger partial charge in [0.2, 0.25) is 5.91 Å². The van der Waals surface area contributed by atoms with E-state index >= 15 is 0 Å². The lowest BCUT2D eigenvalue weighted by atomic mass is 10.0. The molecule has 1 atom stereocenters. The van der Waals surface area contributed by atoms with Crippen LogP contribution in [0.4, 0.5) is 4.79 Å². The average molecular weight is 286 g/mol. The largest absolute Gasteiger partial charge is 0.465 e. The van der Waals surface area contributed by atoms with Crippen LogP contribution in [0.1, 0.15) is 18.9 Å². The predicted octanol–water partition coefficient (Wildman–Crippen LogP) is 2.50. The lowest BCUT2D eigenvalue weighted by molar-refractivity contribution is -0.121. The third kappa shape index (κ3) is 4.21. The molecule has 0 saturated heterocycles. The third-order valence-electron chi connectivity index (χ3n) is 3.22. The fourth-order valence-corrected chi connectivity index (χ4v) is 2.25. The van der Waals surface area contributed by atoms with E-state index in [9.17, 15) is 9.59 Å². The van der Waals surface area contributed by atoms with Crippen molar-refractivity contribution in [2.45, 2.75) is 25.9 Å². The smallest absolute Gasteiger partial charge is 0.404 e. The zero-order valence-electron chi connectivity index (χ0n) is 11.8. The minimum atomic E-state index is -1.12. The summed E-state index contributed by atoms with van der Waals surface area (Å²) in [5.41, 5.74) is 1.04. The summed E-state index contributed by atoms with van der Waals surface area (Å²) in [5.74, 6) is -0.177. The van der Waals surface area contributed by atoms with Crippen LogP contribution in [0, 0.1) is 0 Å². The van der Waals surface area contributed by atoms with Crippen LogP contribution in [0.25, 0.3) is 10.8 Å². The Morgan fingerprint density at radius 2 is 1.86 bits per heavy atom. The fraction of sp³-hybridized carbons (Fsp3) is 0.250. The lowest BCUT2D eigenvalue weighted by Crippen LogP contribution is -2.36. The Morgan fingerprint density at radius 1 is 1.14 bits per heavy atom. The van der Waals surface area contributed by atoms with Gasteiger partial charge in [-0.25, -0.2) is 4.79 Å². The van der Waals surface area contributed by atoms with Crippen molar-refractivity contribution in [1.82, 2.24) is 10.6 Å². The first-order valence-corrected chi connectivity index (χ1v) is 6.79. The standard InChI is InChI=1S/C16H18N2O3/c1-11(18-16(20)21)9-15(19)17-10-13-7-4-6-12-5-2-3-8-14(12)13/h2-8,11,18H,9-10H2,1H3,(H,17,19)(H,20,21). The first-order valence-electron chi connectivity index (χ1n) is 6.79. The predicted molar refractivity (Wildman–Crippen MR) is 81.0 cm³/mol. The summed E-state index contributed by atoms with van der Waals surface area (Å²) in [6, 6.07) is 13.5. The van der Waals surface area contributed by atoms with Gasteiger partial charge >= 0.3 is 6.09 Å². The molecule has 0 spiro atoms. The van der Waals surface area contributed by atoms with Crippen LogP contribution >= 0.6 is 0 Å². The number of carbonyl (C=O) groups is 2. The van der Waals surface area contributed by atoms with E-state index in [4.69, 9.17) is 5.11 Å². The number of hydrogen-bond acceptors (Lipinski definition) is 2. The molecule has 0 aliphatic rings. The monoisotopic (exact) mass is 286 g/mol. The second kappa shape index (κ2) is 6.74. The van der Waals surface area contributed by atoms with Crippen LogP contribution in [-0.2, 0) is 11.3 Å². The molecule has 0 fully saturated rings. The Kier molecular flexibility index (Phi) is 4.77. The SMILES string of the molecule is CC(CC(=O)NCc1cccc2ccccc12)NC(=O)O. The maximum absolute atomic E-state index is 11.8. The summed E-state index contributed by atoms with van der Waals surface area (Å²) in [4.78, 5) is 22.3. The summed E-state index contributed by atoms with van der Waals surface area (Å²) in [6.45, 7) is 2.09. The number of carboxylic acid groups (broad SMARTS) is 1. The molecule has 2 aromatic rings. The Hall–Kier alpha value is -2.56. The van der Waals surface area contributed by atoms with Gasteiger partial charge in [0.15, 0.2) is 0 Å². The van der Waals surface area contributed by atoms with E-state index in [2.05, 4.69) is 10.6 Å². The van der Waals surface area contributed by atoms with E-state index in [0.717, 1.165) is 16.3 Å². The summed E-state index contributed by atoms with van der Waals surface area (Å²) in [7, 11) is 0. The van der Waals surface area contributed by atoms with Gasteiger partial charge in [-0.15, -0.1) is 0 Å². The normalized spacial score (nSPS) is 11.9. The van der Waals surface area contributed by atoms with E-state index in [0.29, 0.717) is 6.54 Å². The number of fused-ring (bicyclic) bond motifs is 1. The average Bonchev–Trinajstić information content (AvgIpc) is 2.44. The molecule has 2 aromatic carbocycles. The summed E-state index contributed by atoms with van der Waals surface area (Å²) in [6.07, 6.45) is -0.999. The van der Waals surface area contributed by atoms with Gasteiger partial charge in [-0.3, -0.25) is 4.79 Å². The van der Waals surface area contributed by atoms with Crippen LogP contribution in [0.5, 0.6) is 0 Å². The second-order valence-electron chi connectivity index (χ2n) is 4.97. The quantitative estimate of drug-likeness (QED) is 0.790. The maximum atomic E-state index is 11.8. The first kappa shape index (κ1) is 14.8. The number of benzene rings is 2. The van der Waals surface area contributed by atoms with Crippen LogP contribution in [0.2, 0.25) is 0 Å². The molecule has 21 heavy (non-hydrogen) atoms. The van der Waals surface area contributed by atoms with E-state index in [1.54, 1.807) is 6.92 Å². The highest BCUT2D eigenvalue weighted by molar-refractivity contribution is 5.86. The van der Waals surface area contributed by atoms with Gasteiger partial charge in [0.1, 0.15) is 0 Å². The first-order chi connectivity index (χ1) is 10.1. The van der Waals surface area contributed by atoms with Crippen LogP contribution in [0.15, 0.2) is 42.5 Å². The minimum absolute atomic E-state index is 0.122. The molecule has 0 saturated carbocycles. The Bertz CT molecular complexity index is 650. The molecular weight excluding hydrogens is 268 g/mol. The van der Waals surface area contributed by atoms with Crippen LogP contribution in [-0.4, -0.2) is 23.1 Å². The van der Waals surface area contributed by atoms with Crippen molar-refractivity contribution in [3.05, 3.63) is 48.0 Å². The van der Waals surface area contributed by atoms with Crippen molar-refractivity contribution >= 4 is 22.8 Å². The minimum Gasteiger partial charge on any atom is -0.465 e. The number of amides is 2. The van der Waals surface area contributed by atoms with Gasteiger partial charge in [-0.05, 0) is 23.3 Å².